The smallest absolute Gasteiger partial charge is 0.223 e. The van der Waals surface area contributed by atoms with E-state index in [-0.39, 0.29) is 23.8 Å². The van der Waals surface area contributed by atoms with Gasteiger partial charge in [-0.3, -0.25) is 4.79 Å². The minimum Gasteiger partial charge on any atom is -0.349 e. The van der Waals surface area contributed by atoms with Gasteiger partial charge in [0.05, 0.1) is 6.04 Å². The topological polar surface area (TPSA) is 29.1 Å². The van der Waals surface area contributed by atoms with Gasteiger partial charge in [0.25, 0.3) is 0 Å². The molecular formula is C25H27NO. The molecule has 3 aromatic rings. The summed E-state index contributed by atoms with van der Waals surface area (Å²) >= 11 is 0. The number of hydrogen-bond donors (Lipinski definition) is 1. The van der Waals surface area contributed by atoms with Crippen LogP contribution in [0.5, 0.6) is 0 Å². The fraction of sp³-hybridized carbons (Fsp3) is 0.240. The van der Waals surface area contributed by atoms with Crippen LogP contribution in [0.15, 0.2) is 91.0 Å². The number of carbonyl (C=O) groups is 1. The van der Waals surface area contributed by atoms with Gasteiger partial charge >= 0.3 is 0 Å². The maximum atomic E-state index is 13.0. The van der Waals surface area contributed by atoms with Crippen LogP contribution in [0.3, 0.4) is 0 Å². The highest BCUT2D eigenvalue weighted by molar-refractivity contribution is 5.79. The number of nitrogens with one attached hydrogen (secondary N) is 1. The van der Waals surface area contributed by atoms with E-state index in [2.05, 4.69) is 41.7 Å². The first-order valence-corrected chi connectivity index (χ1v) is 9.59. The molecule has 0 aliphatic heterocycles. The van der Waals surface area contributed by atoms with E-state index in [1.807, 2.05) is 68.4 Å². The van der Waals surface area contributed by atoms with Gasteiger partial charge in [-0.05, 0) is 36.0 Å². The Morgan fingerprint density at radius 3 is 1.78 bits per heavy atom. The van der Waals surface area contributed by atoms with Crippen LogP contribution in [0.25, 0.3) is 0 Å². The molecule has 0 unspecified atom stereocenters. The molecule has 0 fully saturated rings. The summed E-state index contributed by atoms with van der Waals surface area (Å²) in [5, 5.41) is 3.19. The van der Waals surface area contributed by atoms with Crippen LogP contribution in [-0.2, 0) is 11.2 Å². The van der Waals surface area contributed by atoms with Gasteiger partial charge in [-0.2, -0.15) is 0 Å². The molecule has 0 aromatic heterocycles. The summed E-state index contributed by atoms with van der Waals surface area (Å²) < 4.78 is 0. The Morgan fingerprint density at radius 1 is 0.741 bits per heavy atom. The molecule has 2 nitrogen and oxygen atoms in total. The van der Waals surface area contributed by atoms with Gasteiger partial charge in [0, 0.05) is 5.92 Å². The van der Waals surface area contributed by atoms with E-state index in [1.165, 1.54) is 11.1 Å². The second-order valence-corrected chi connectivity index (χ2v) is 7.14. The summed E-state index contributed by atoms with van der Waals surface area (Å²) in [6.07, 6.45) is 0.846. The molecule has 0 aliphatic carbocycles. The number of hydrogen-bond acceptors (Lipinski definition) is 1. The Bertz CT molecular complexity index is 830. The van der Waals surface area contributed by atoms with Crippen molar-refractivity contribution in [2.24, 2.45) is 5.92 Å². The molecule has 1 N–H and O–H groups in total. The number of benzene rings is 3. The van der Waals surface area contributed by atoms with Crippen molar-refractivity contribution in [2.75, 3.05) is 0 Å². The molecule has 0 saturated heterocycles. The Hall–Kier alpha value is -2.87. The van der Waals surface area contributed by atoms with Crippen LogP contribution in [0.2, 0.25) is 0 Å². The summed E-state index contributed by atoms with van der Waals surface area (Å²) in [7, 11) is 0. The van der Waals surface area contributed by atoms with Crippen molar-refractivity contribution in [3.8, 4) is 0 Å². The largest absolute Gasteiger partial charge is 0.349 e. The minimum atomic E-state index is -0.126. The predicted molar refractivity (Wildman–Crippen MR) is 111 cm³/mol. The number of carbonyl (C=O) groups excluding carboxylic acids is 1. The van der Waals surface area contributed by atoms with Crippen molar-refractivity contribution in [1.29, 1.82) is 0 Å². The maximum absolute atomic E-state index is 13.0. The Labute approximate surface area is 162 Å². The molecule has 3 atom stereocenters. The Balaban J connectivity index is 1.77. The molecule has 27 heavy (non-hydrogen) atoms. The molecular weight excluding hydrogens is 330 g/mol. The maximum Gasteiger partial charge on any atom is 0.223 e. The van der Waals surface area contributed by atoms with Gasteiger partial charge in [0.15, 0.2) is 0 Å². The third-order valence-electron chi connectivity index (χ3n) is 5.20. The Morgan fingerprint density at radius 2 is 1.22 bits per heavy atom. The fourth-order valence-electron chi connectivity index (χ4n) is 3.50. The zero-order chi connectivity index (χ0) is 19.1. The summed E-state index contributed by atoms with van der Waals surface area (Å²) in [4.78, 5) is 13.0. The van der Waals surface area contributed by atoms with E-state index in [9.17, 15) is 4.79 Å². The monoisotopic (exact) mass is 357 g/mol. The lowest BCUT2D eigenvalue weighted by molar-refractivity contribution is -0.125. The highest BCUT2D eigenvalue weighted by atomic mass is 16.1. The molecule has 2 heteroatoms. The van der Waals surface area contributed by atoms with Crippen molar-refractivity contribution in [1.82, 2.24) is 5.32 Å². The van der Waals surface area contributed by atoms with E-state index in [0.29, 0.717) is 0 Å². The van der Waals surface area contributed by atoms with Gasteiger partial charge in [-0.1, -0.05) is 97.9 Å². The highest BCUT2D eigenvalue weighted by Gasteiger charge is 2.26. The molecule has 0 heterocycles. The molecule has 0 radical (unpaired) electrons. The number of amides is 1. The predicted octanol–water partition coefficient (Wildman–Crippen LogP) is 5.53. The first-order chi connectivity index (χ1) is 13.1. The van der Waals surface area contributed by atoms with Crippen LogP contribution in [0, 0.1) is 5.92 Å². The van der Waals surface area contributed by atoms with Gasteiger partial charge < -0.3 is 5.32 Å². The molecule has 3 aromatic carbocycles. The molecule has 0 aliphatic rings. The average molecular weight is 357 g/mol. The molecule has 1 amide bonds. The third kappa shape index (κ3) is 5.07. The molecule has 138 valence electrons. The van der Waals surface area contributed by atoms with E-state index in [1.54, 1.807) is 0 Å². The fourth-order valence-corrected chi connectivity index (χ4v) is 3.50. The van der Waals surface area contributed by atoms with Crippen LogP contribution >= 0.6 is 0 Å². The van der Waals surface area contributed by atoms with Crippen molar-refractivity contribution < 1.29 is 4.79 Å². The van der Waals surface area contributed by atoms with E-state index < -0.39 is 0 Å². The molecule has 0 bridgehead atoms. The van der Waals surface area contributed by atoms with Crippen LogP contribution in [0.4, 0.5) is 0 Å². The lowest BCUT2D eigenvalue weighted by atomic mass is 9.82. The van der Waals surface area contributed by atoms with Gasteiger partial charge in [0.2, 0.25) is 5.91 Å². The summed E-state index contributed by atoms with van der Waals surface area (Å²) in [6.45, 7) is 4.07. The van der Waals surface area contributed by atoms with Crippen molar-refractivity contribution in [2.45, 2.75) is 32.2 Å². The lowest BCUT2D eigenvalue weighted by Gasteiger charge is -2.26. The highest BCUT2D eigenvalue weighted by Crippen LogP contribution is 2.29. The Kier molecular flexibility index (Phi) is 6.43. The second-order valence-electron chi connectivity index (χ2n) is 7.14. The first-order valence-electron chi connectivity index (χ1n) is 9.59. The van der Waals surface area contributed by atoms with Crippen LogP contribution in [-0.4, -0.2) is 5.91 Å². The molecule has 0 spiro atoms. The average Bonchev–Trinajstić information content (AvgIpc) is 2.73. The molecule has 0 saturated carbocycles. The van der Waals surface area contributed by atoms with E-state index in [0.717, 1.165) is 12.0 Å². The lowest BCUT2D eigenvalue weighted by Crippen LogP contribution is -2.35. The standard InChI is InChI=1S/C25H27NO/c1-19(25(27)26-20(2)22-14-8-4-9-15-22)24(23-16-10-5-11-17-23)18-21-12-6-3-7-13-21/h3-17,19-20,24H,18H2,1-2H3,(H,26,27)/t19-,20+,24+/m1/s1. The van der Waals surface area contributed by atoms with Crippen LogP contribution in [0.1, 0.15) is 42.5 Å². The van der Waals surface area contributed by atoms with E-state index in [4.69, 9.17) is 0 Å². The zero-order valence-corrected chi connectivity index (χ0v) is 16.0. The minimum absolute atomic E-state index is 0.00528. The van der Waals surface area contributed by atoms with Crippen molar-refractivity contribution in [3.05, 3.63) is 108 Å². The third-order valence-corrected chi connectivity index (χ3v) is 5.20. The second kappa shape index (κ2) is 9.18. The van der Waals surface area contributed by atoms with Crippen molar-refractivity contribution >= 4 is 5.91 Å². The summed E-state index contributed by atoms with van der Waals surface area (Å²) in [5.74, 6) is 0.103. The SMILES string of the molecule is C[C@H](NC(=O)[C@H](C)[C@H](Cc1ccccc1)c1ccccc1)c1ccccc1. The summed E-state index contributed by atoms with van der Waals surface area (Å²) in [5.41, 5.74) is 3.58. The number of rotatable bonds is 7. The van der Waals surface area contributed by atoms with Gasteiger partial charge in [-0.25, -0.2) is 0 Å². The quantitative estimate of drug-likeness (QED) is 0.592. The van der Waals surface area contributed by atoms with Gasteiger partial charge in [0.1, 0.15) is 0 Å². The van der Waals surface area contributed by atoms with E-state index >= 15 is 0 Å². The first kappa shape index (κ1) is 18.9. The van der Waals surface area contributed by atoms with Crippen molar-refractivity contribution in [3.63, 3.8) is 0 Å². The summed E-state index contributed by atoms with van der Waals surface area (Å²) in [6, 6.07) is 30.9. The normalized spacial score (nSPS) is 14.1. The zero-order valence-electron chi connectivity index (χ0n) is 16.0. The van der Waals surface area contributed by atoms with Gasteiger partial charge in [-0.15, -0.1) is 0 Å². The molecule has 3 rings (SSSR count). The van der Waals surface area contributed by atoms with Crippen LogP contribution < -0.4 is 5.32 Å².